The fourth-order valence-electron chi connectivity index (χ4n) is 6.40. The first-order valence-corrected chi connectivity index (χ1v) is 14.6. The summed E-state index contributed by atoms with van der Waals surface area (Å²) in [5.74, 6) is 0. The van der Waals surface area contributed by atoms with Gasteiger partial charge in [0.05, 0.1) is 15.1 Å². The lowest BCUT2D eigenvalue weighted by molar-refractivity contribution is 0.669. The van der Waals surface area contributed by atoms with E-state index in [0.29, 0.717) is 16.3 Å². The first-order valence-electron chi connectivity index (χ1n) is 20.1. The van der Waals surface area contributed by atoms with E-state index in [9.17, 15) is 2.74 Å². The minimum absolute atomic E-state index is 0.0635. The van der Waals surface area contributed by atoms with Crippen LogP contribution >= 0.6 is 0 Å². The van der Waals surface area contributed by atoms with Gasteiger partial charge in [0.2, 0.25) is 0 Å². The zero-order valence-electron chi connectivity index (χ0n) is 34.7. The molecule has 0 N–H and O–H groups in total. The molecule has 0 aliphatic carbocycles. The summed E-state index contributed by atoms with van der Waals surface area (Å²) in [6.07, 6.45) is 0. The van der Waals surface area contributed by atoms with Crippen molar-refractivity contribution in [3.63, 3.8) is 0 Å². The molecule has 45 heavy (non-hydrogen) atoms. The van der Waals surface area contributed by atoms with Crippen LogP contribution in [-0.2, 0) is 0 Å². The Balaban J connectivity index is 1.48. The molecule has 0 spiro atoms. The highest BCUT2D eigenvalue weighted by atomic mass is 16.3. The largest absolute Gasteiger partial charge is 0.456 e. The Labute approximate surface area is 277 Å². The smallest absolute Gasteiger partial charge is 0.136 e. The Morgan fingerprint density at radius 2 is 0.978 bits per heavy atom. The van der Waals surface area contributed by atoms with Gasteiger partial charge in [0, 0.05) is 10.8 Å². The van der Waals surface area contributed by atoms with Gasteiger partial charge in [-0.25, -0.2) is 0 Å². The number of rotatable bonds is 4. The van der Waals surface area contributed by atoms with Crippen molar-refractivity contribution in [2.75, 3.05) is 0 Å². The molecule has 0 bridgehead atoms. The summed E-state index contributed by atoms with van der Waals surface area (Å²) in [6, 6.07) is 27.7. The molecule has 8 aromatic carbocycles. The van der Waals surface area contributed by atoms with Gasteiger partial charge in [-0.3, -0.25) is 0 Å². The van der Waals surface area contributed by atoms with Gasteiger partial charge in [0.25, 0.3) is 0 Å². The number of hydrogen-bond acceptors (Lipinski definition) is 1. The predicted octanol–water partition coefficient (Wildman–Crippen LogP) is 12.6. The monoisotopic (exact) mass is 583 g/mol. The summed E-state index contributed by atoms with van der Waals surface area (Å²) in [4.78, 5) is 0. The lowest BCUT2D eigenvalue weighted by atomic mass is 9.83. The maximum atomic E-state index is 9.56. The molecule has 0 fully saturated rings. The number of fused-ring (bicyclic) bond motifs is 5. The Hall–Kier alpha value is -5.92. The van der Waals surface area contributed by atoms with Crippen LogP contribution in [0.3, 0.4) is 0 Å². The molecule has 1 nitrogen and oxygen atoms in total. The zero-order chi connectivity index (χ0) is 39.3. The van der Waals surface area contributed by atoms with Crippen molar-refractivity contribution in [2.45, 2.75) is 0 Å². The van der Waals surface area contributed by atoms with Crippen molar-refractivity contribution in [1.29, 1.82) is 0 Å². The van der Waals surface area contributed by atoms with E-state index < -0.39 is 66.0 Å². The van der Waals surface area contributed by atoms with Gasteiger partial charge >= 0.3 is 0 Å². The highest BCUT2D eigenvalue weighted by Gasteiger charge is 2.21. The third kappa shape index (κ3) is 4.09. The third-order valence-electron chi connectivity index (χ3n) is 8.29. The van der Waals surface area contributed by atoms with Crippen molar-refractivity contribution in [3.05, 3.63) is 170 Å². The molecule has 0 aliphatic heterocycles. The molecule has 1 heteroatoms. The third-order valence-corrected chi connectivity index (χ3v) is 8.29. The van der Waals surface area contributed by atoms with Gasteiger partial charge < -0.3 is 4.42 Å². The van der Waals surface area contributed by atoms with Crippen LogP contribution in [0.4, 0.5) is 0 Å². The SMILES string of the molecule is [2H]c1c([2H])c([2H])c(-c2c([2H])c([2H])c3oc4c([2H])c([2H])c([2H])c(-c5c6ccccc6c(-c6ccccc6-c6ccccc6)c6ccccc56)c4c3c2[2H])c([2H])c1[2H]. The van der Waals surface area contributed by atoms with Gasteiger partial charge in [-0.05, 0) is 84.2 Å². The highest BCUT2D eigenvalue weighted by molar-refractivity contribution is 6.26. The fourth-order valence-corrected chi connectivity index (χ4v) is 6.40. The summed E-state index contributed by atoms with van der Waals surface area (Å²) in [5.41, 5.74) is 3.48. The van der Waals surface area contributed by atoms with Crippen molar-refractivity contribution in [1.82, 2.24) is 0 Å². The van der Waals surface area contributed by atoms with E-state index >= 15 is 0 Å². The first-order chi connectivity index (χ1) is 26.9. The van der Waals surface area contributed by atoms with Crippen molar-refractivity contribution >= 4 is 43.5 Å². The summed E-state index contributed by atoms with van der Waals surface area (Å²) >= 11 is 0. The van der Waals surface area contributed by atoms with Crippen LogP contribution in [0.1, 0.15) is 15.1 Å². The number of hydrogen-bond donors (Lipinski definition) is 0. The quantitative estimate of drug-likeness (QED) is 0.188. The Kier molecular flexibility index (Phi) is 3.87. The Bertz CT molecular complexity index is 3070. The molecule has 210 valence electrons. The van der Waals surface area contributed by atoms with E-state index in [4.69, 9.17) is 16.8 Å². The Morgan fingerprint density at radius 3 is 1.67 bits per heavy atom. The van der Waals surface area contributed by atoms with E-state index in [-0.39, 0.29) is 39.1 Å². The molecule has 0 saturated heterocycles. The van der Waals surface area contributed by atoms with E-state index in [1.807, 2.05) is 78.9 Å². The van der Waals surface area contributed by atoms with E-state index in [2.05, 4.69) is 24.3 Å². The molecule has 0 radical (unpaired) electrons. The fraction of sp³-hybridized carbons (Fsp3) is 0. The molecule has 0 amide bonds. The van der Waals surface area contributed by atoms with Crippen LogP contribution in [0.5, 0.6) is 0 Å². The maximum absolute atomic E-state index is 9.56. The molecular weight excluding hydrogens is 544 g/mol. The normalized spacial score (nSPS) is 15.0. The average Bonchev–Trinajstić information content (AvgIpc) is 3.63. The summed E-state index contributed by atoms with van der Waals surface area (Å²) in [6.45, 7) is 0. The summed E-state index contributed by atoms with van der Waals surface area (Å²) < 4.78 is 103. The van der Waals surface area contributed by atoms with Gasteiger partial charge in [-0.15, -0.1) is 0 Å². The molecule has 1 aromatic heterocycles. The standard InChI is InChI=1S/C44H28O/c1-3-14-29(15-4-1)31-26-27-40-39(28-31)44-38(24-13-25-41(44)45-40)43-36-22-11-9-20-34(36)42(35-21-10-12-23-37(35)43)33-19-8-7-18-32(33)30-16-5-2-6-17-30/h1-28H/i1D,3D,4D,13D,14D,15D,24D,25D,26D,27D,28D. The van der Waals surface area contributed by atoms with Gasteiger partial charge in [-0.1, -0.05) is 151 Å². The molecule has 1 heterocycles. The lowest BCUT2D eigenvalue weighted by Crippen LogP contribution is -1.93. The van der Waals surface area contributed by atoms with Gasteiger partial charge in [0.1, 0.15) is 11.2 Å². The van der Waals surface area contributed by atoms with Crippen LogP contribution in [0.25, 0.3) is 88.0 Å². The first kappa shape index (κ1) is 16.8. The second kappa shape index (κ2) is 10.4. The highest BCUT2D eigenvalue weighted by Crippen LogP contribution is 2.48. The van der Waals surface area contributed by atoms with E-state index in [1.165, 1.54) is 0 Å². The van der Waals surface area contributed by atoms with Crippen LogP contribution in [0, 0.1) is 0 Å². The lowest BCUT2D eigenvalue weighted by Gasteiger charge is -2.20. The predicted molar refractivity (Wildman–Crippen MR) is 190 cm³/mol. The maximum Gasteiger partial charge on any atom is 0.136 e. The number of benzene rings is 8. The van der Waals surface area contributed by atoms with Crippen LogP contribution in [0.2, 0.25) is 0 Å². The zero-order valence-corrected chi connectivity index (χ0v) is 23.7. The van der Waals surface area contributed by atoms with Gasteiger partial charge in [-0.2, -0.15) is 0 Å². The average molecular weight is 584 g/mol. The molecule has 0 aliphatic rings. The van der Waals surface area contributed by atoms with Crippen LogP contribution in [-0.4, -0.2) is 0 Å². The molecular formula is C44H28O. The minimum Gasteiger partial charge on any atom is -0.456 e. The van der Waals surface area contributed by atoms with E-state index in [0.717, 1.165) is 33.0 Å². The van der Waals surface area contributed by atoms with Crippen molar-refractivity contribution in [2.24, 2.45) is 0 Å². The summed E-state index contributed by atoms with van der Waals surface area (Å²) in [5, 5.41) is 3.13. The van der Waals surface area contributed by atoms with Crippen LogP contribution < -0.4 is 0 Å². The molecule has 0 saturated carbocycles. The van der Waals surface area contributed by atoms with Crippen LogP contribution in [0.15, 0.2) is 174 Å². The number of furan rings is 1. The van der Waals surface area contributed by atoms with Crippen molar-refractivity contribution in [3.8, 4) is 44.5 Å². The molecule has 0 unspecified atom stereocenters. The molecule has 9 aromatic rings. The summed E-state index contributed by atoms with van der Waals surface area (Å²) in [7, 11) is 0. The van der Waals surface area contributed by atoms with E-state index in [1.54, 1.807) is 0 Å². The van der Waals surface area contributed by atoms with Gasteiger partial charge in [0.15, 0.2) is 0 Å². The second-order valence-corrected chi connectivity index (χ2v) is 10.8. The molecule has 0 atom stereocenters. The molecule has 9 rings (SSSR count). The second-order valence-electron chi connectivity index (χ2n) is 10.8. The minimum atomic E-state index is -0.656. The Morgan fingerprint density at radius 1 is 0.378 bits per heavy atom. The topological polar surface area (TPSA) is 13.1 Å². The van der Waals surface area contributed by atoms with Crippen molar-refractivity contribution < 1.29 is 19.5 Å².